The maximum absolute atomic E-state index is 13.4. The number of rotatable bonds is 3. The molecule has 0 bridgehead atoms. The molecular formula is C15H17F2N3O2S. The first-order valence-corrected chi connectivity index (χ1v) is 8.78. The monoisotopic (exact) mass is 341 g/mol. The Morgan fingerprint density at radius 2 is 1.87 bits per heavy atom. The Labute approximate surface area is 133 Å². The molecule has 1 aliphatic rings. The van der Waals surface area contributed by atoms with Crippen molar-refractivity contribution in [1.29, 1.82) is 0 Å². The Hall–Kier alpha value is -1.80. The van der Waals surface area contributed by atoms with Gasteiger partial charge in [-0.05, 0) is 25.0 Å². The summed E-state index contributed by atoms with van der Waals surface area (Å²) in [4.78, 5) is -0.356. The zero-order chi connectivity index (χ0) is 16.6. The van der Waals surface area contributed by atoms with Crippen molar-refractivity contribution in [2.24, 2.45) is 7.05 Å². The lowest BCUT2D eigenvalue weighted by Crippen LogP contribution is -2.38. The maximum atomic E-state index is 13.4. The molecule has 1 atom stereocenters. The highest BCUT2D eigenvalue weighted by Crippen LogP contribution is 2.35. The highest BCUT2D eigenvalue weighted by molar-refractivity contribution is 7.89. The molecule has 1 fully saturated rings. The fraction of sp³-hybridized carbons (Fsp3) is 0.400. The van der Waals surface area contributed by atoms with Gasteiger partial charge in [0, 0.05) is 31.4 Å². The number of aromatic nitrogens is 2. The molecule has 0 N–H and O–H groups in total. The van der Waals surface area contributed by atoms with Gasteiger partial charge in [-0.25, -0.2) is 17.2 Å². The van der Waals surface area contributed by atoms with E-state index < -0.39 is 21.7 Å². The number of hydrogen-bond acceptors (Lipinski definition) is 3. The van der Waals surface area contributed by atoms with Gasteiger partial charge in [-0.1, -0.05) is 6.42 Å². The summed E-state index contributed by atoms with van der Waals surface area (Å²) < 4.78 is 55.4. The van der Waals surface area contributed by atoms with Crippen LogP contribution in [0.1, 0.15) is 30.9 Å². The van der Waals surface area contributed by atoms with Crippen LogP contribution in [0.4, 0.5) is 8.78 Å². The molecule has 8 heteroatoms. The van der Waals surface area contributed by atoms with E-state index in [0.717, 1.165) is 24.1 Å². The molecule has 1 unspecified atom stereocenters. The molecule has 2 aromatic rings. The van der Waals surface area contributed by atoms with Gasteiger partial charge in [-0.3, -0.25) is 4.68 Å². The van der Waals surface area contributed by atoms with Crippen molar-refractivity contribution in [2.45, 2.75) is 30.2 Å². The summed E-state index contributed by atoms with van der Waals surface area (Å²) in [5.74, 6) is -1.81. The van der Waals surface area contributed by atoms with Crippen molar-refractivity contribution in [1.82, 2.24) is 14.1 Å². The van der Waals surface area contributed by atoms with E-state index in [2.05, 4.69) is 5.10 Å². The van der Waals surface area contributed by atoms with E-state index >= 15 is 0 Å². The van der Waals surface area contributed by atoms with Gasteiger partial charge in [-0.2, -0.15) is 9.40 Å². The standard InChI is InChI=1S/C15H17F2N3O2S/c1-19-10-11(9-18-19)15-4-2-3-5-20(15)23(21,22)14-7-12(16)6-13(17)8-14/h6-10,15H,2-5H2,1H3. The summed E-state index contributed by atoms with van der Waals surface area (Å²) >= 11 is 0. The van der Waals surface area contributed by atoms with Crippen LogP contribution >= 0.6 is 0 Å². The molecule has 23 heavy (non-hydrogen) atoms. The molecule has 0 aliphatic carbocycles. The quantitative estimate of drug-likeness (QED) is 0.862. The Balaban J connectivity index is 2.02. The maximum Gasteiger partial charge on any atom is 0.243 e. The lowest BCUT2D eigenvalue weighted by molar-refractivity contribution is 0.255. The number of aryl methyl sites for hydroxylation is 1. The third-order valence-corrected chi connectivity index (χ3v) is 5.89. The SMILES string of the molecule is Cn1cc(C2CCCCN2S(=O)(=O)c2cc(F)cc(F)c2)cn1. The van der Waals surface area contributed by atoms with E-state index in [-0.39, 0.29) is 10.9 Å². The van der Waals surface area contributed by atoms with Gasteiger partial charge in [-0.15, -0.1) is 0 Å². The number of halogens is 2. The molecule has 2 heterocycles. The van der Waals surface area contributed by atoms with Crippen molar-refractivity contribution in [2.75, 3.05) is 6.54 Å². The molecule has 3 rings (SSSR count). The summed E-state index contributed by atoms with van der Waals surface area (Å²) in [7, 11) is -2.22. The minimum Gasteiger partial charge on any atom is -0.275 e. The zero-order valence-corrected chi connectivity index (χ0v) is 13.4. The zero-order valence-electron chi connectivity index (χ0n) is 12.6. The summed E-state index contributed by atoms with van der Waals surface area (Å²) in [5, 5.41) is 4.08. The average Bonchev–Trinajstić information content (AvgIpc) is 2.93. The van der Waals surface area contributed by atoms with Crippen LogP contribution in [-0.2, 0) is 17.1 Å². The Morgan fingerprint density at radius 1 is 1.17 bits per heavy atom. The topological polar surface area (TPSA) is 55.2 Å². The Bertz CT molecular complexity index is 800. The van der Waals surface area contributed by atoms with E-state index in [1.54, 1.807) is 24.1 Å². The van der Waals surface area contributed by atoms with Crippen LogP contribution in [0.15, 0.2) is 35.5 Å². The first-order valence-electron chi connectivity index (χ1n) is 7.34. The fourth-order valence-electron chi connectivity index (χ4n) is 2.95. The summed E-state index contributed by atoms with van der Waals surface area (Å²) in [6.07, 6.45) is 5.66. The molecule has 1 aromatic carbocycles. The van der Waals surface area contributed by atoms with Gasteiger partial charge in [0.25, 0.3) is 0 Å². The molecule has 0 radical (unpaired) electrons. The van der Waals surface area contributed by atoms with Crippen molar-refractivity contribution in [3.05, 3.63) is 47.8 Å². The second-order valence-electron chi connectivity index (χ2n) is 5.68. The number of sulfonamides is 1. The van der Waals surface area contributed by atoms with Gasteiger partial charge >= 0.3 is 0 Å². The number of hydrogen-bond donors (Lipinski definition) is 0. The fourth-order valence-corrected chi connectivity index (χ4v) is 4.68. The highest BCUT2D eigenvalue weighted by Gasteiger charge is 2.35. The Morgan fingerprint density at radius 3 is 2.48 bits per heavy atom. The minimum atomic E-state index is -3.98. The van der Waals surface area contributed by atoms with Gasteiger partial charge in [0.05, 0.1) is 17.1 Å². The van der Waals surface area contributed by atoms with Crippen molar-refractivity contribution >= 4 is 10.0 Å². The molecule has 1 aromatic heterocycles. The van der Waals surface area contributed by atoms with Crippen LogP contribution in [0, 0.1) is 11.6 Å². The summed E-state index contributed by atoms with van der Waals surface area (Å²) in [6, 6.07) is 2.00. The van der Waals surface area contributed by atoms with Crippen LogP contribution in [0.25, 0.3) is 0 Å². The van der Waals surface area contributed by atoms with E-state index in [0.29, 0.717) is 25.5 Å². The first-order chi connectivity index (χ1) is 10.9. The number of nitrogens with zero attached hydrogens (tertiary/aromatic N) is 3. The third kappa shape index (κ3) is 3.13. The number of benzene rings is 1. The van der Waals surface area contributed by atoms with E-state index in [9.17, 15) is 17.2 Å². The van der Waals surface area contributed by atoms with Crippen LogP contribution in [-0.4, -0.2) is 29.0 Å². The van der Waals surface area contributed by atoms with Gasteiger partial charge in [0.2, 0.25) is 10.0 Å². The van der Waals surface area contributed by atoms with E-state index in [1.165, 1.54) is 4.31 Å². The minimum absolute atomic E-state index is 0.319. The van der Waals surface area contributed by atoms with Crippen molar-refractivity contribution in [3.8, 4) is 0 Å². The van der Waals surface area contributed by atoms with E-state index in [4.69, 9.17) is 0 Å². The normalized spacial score (nSPS) is 19.9. The molecule has 1 saturated heterocycles. The van der Waals surface area contributed by atoms with Gasteiger partial charge < -0.3 is 0 Å². The second kappa shape index (κ2) is 6.01. The average molecular weight is 341 g/mol. The highest BCUT2D eigenvalue weighted by atomic mass is 32.2. The molecule has 0 saturated carbocycles. The molecular weight excluding hydrogens is 324 g/mol. The van der Waals surface area contributed by atoms with Crippen molar-refractivity contribution in [3.63, 3.8) is 0 Å². The predicted octanol–water partition coefficient (Wildman–Crippen LogP) is 2.61. The van der Waals surface area contributed by atoms with E-state index in [1.807, 2.05) is 0 Å². The third-order valence-electron chi connectivity index (χ3n) is 4.01. The molecule has 1 aliphatic heterocycles. The van der Waals surface area contributed by atoms with Crippen molar-refractivity contribution < 1.29 is 17.2 Å². The van der Waals surface area contributed by atoms with Gasteiger partial charge in [0.15, 0.2) is 0 Å². The lowest BCUT2D eigenvalue weighted by Gasteiger charge is -2.34. The first kappa shape index (κ1) is 16.1. The van der Waals surface area contributed by atoms with Crippen LogP contribution in [0.5, 0.6) is 0 Å². The lowest BCUT2D eigenvalue weighted by atomic mass is 10.0. The summed E-state index contributed by atoms with van der Waals surface area (Å²) in [6.45, 7) is 0.319. The van der Waals surface area contributed by atoms with Crippen LogP contribution in [0.2, 0.25) is 0 Å². The molecule has 0 amide bonds. The van der Waals surface area contributed by atoms with Crippen LogP contribution < -0.4 is 0 Å². The largest absolute Gasteiger partial charge is 0.275 e. The second-order valence-corrected chi connectivity index (χ2v) is 7.57. The summed E-state index contributed by atoms with van der Waals surface area (Å²) in [5.41, 5.74) is 0.785. The molecule has 124 valence electrons. The Kier molecular flexibility index (Phi) is 4.20. The van der Waals surface area contributed by atoms with Crippen LogP contribution in [0.3, 0.4) is 0 Å². The number of piperidine rings is 1. The van der Waals surface area contributed by atoms with Gasteiger partial charge in [0.1, 0.15) is 11.6 Å². The smallest absolute Gasteiger partial charge is 0.243 e. The molecule has 0 spiro atoms. The predicted molar refractivity (Wildman–Crippen MR) is 80.0 cm³/mol. The molecule has 5 nitrogen and oxygen atoms in total.